The van der Waals surface area contributed by atoms with E-state index >= 15 is 0 Å². The number of nitrogens with zero attached hydrogens (tertiary/aromatic N) is 3. The summed E-state index contributed by atoms with van der Waals surface area (Å²) in [5, 5.41) is 6.85. The van der Waals surface area contributed by atoms with Gasteiger partial charge in [0, 0.05) is 27.5 Å². The molecule has 0 aliphatic carbocycles. The van der Waals surface area contributed by atoms with Gasteiger partial charge in [-0.25, -0.2) is 15.0 Å². The van der Waals surface area contributed by atoms with Crippen LogP contribution in [0.25, 0.3) is 99.9 Å². The van der Waals surface area contributed by atoms with Crippen molar-refractivity contribution in [1.82, 2.24) is 15.0 Å². The second-order valence-corrected chi connectivity index (χ2v) is 12.9. The largest absolute Gasteiger partial charge is 0.456 e. The second kappa shape index (κ2) is 11.9. The van der Waals surface area contributed by atoms with Crippen molar-refractivity contribution in [2.24, 2.45) is 0 Å². The number of benzene rings is 8. The summed E-state index contributed by atoms with van der Waals surface area (Å²) in [7, 11) is 0. The van der Waals surface area contributed by atoms with Gasteiger partial charge in [-0.15, -0.1) is 0 Å². The third-order valence-electron chi connectivity index (χ3n) is 9.69. The molecule has 8 aromatic carbocycles. The fourth-order valence-corrected chi connectivity index (χ4v) is 7.10. The molecule has 0 atom stereocenters. The maximum atomic E-state index is 6.41. The fraction of sp³-hybridized carbons (Fsp3) is 0. The SMILES string of the molecule is c1ccc(-c2cc(-c3ccc(-c4nc(-c5ccc6ccccc6c5)nc(-c5ccc6ccccc6c5)n4)cc3)c3c(c2)oc2ccccc23)cc1. The standard InChI is InChI=1S/C47H29N3O/c1-2-10-30(11-3-1)39-28-41(44-40-16-8-9-17-42(40)51-43(44)29-39)33-20-22-34(23-21-33)45-48-46(37-24-18-31-12-4-6-14-35(31)26-37)50-47(49-45)38-25-19-32-13-5-7-15-36(32)27-38/h1-29H. The van der Waals surface area contributed by atoms with Crippen LogP contribution in [0, 0.1) is 0 Å². The number of fused-ring (bicyclic) bond motifs is 5. The summed E-state index contributed by atoms with van der Waals surface area (Å²) >= 11 is 0. The normalized spacial score (nSPS) is 11.5. The fourth-order valence-electron chi connectivity index (χ4n) is 7.10. The van der Waals surface area contributed by atoms with E-state index < -0.39 is 0 Å². The summed E-state index contributed by atoms with van der Waals surface area (Å²) in [6.45, 7) is 0. The molecule has 4 nitrogen and oxygen atoms in total. The molecule has 0 unspecified atom stereocenters. The third-order valence-corrected chi connectivity index (χ3v) is 9.69. The van der Waals surface area contributed by atoms with Crippen molar-refractivity contribution < 1.29 is 4.42 Å². The van der Waals surface area contributed by atoms with Crippen LogP contribution in [-0.4, -0.2) is 15.0 Å². The summed E-state index contributed by atoms with van der Waals surface area (Å²) in [6, 6.07) is 61.1. The lowest BCUT2D eigenvalue weighted by Crippen LogP contribution is -2.00. The molecule has 0 radical (unpaired) electrons. The number of aromatic nitrogens is 3. The van der Waals surface area contributed by atoms with Gasteiger partial charge in [-0.1, -0.05) is 146 Å². The van der Waals surface area contributed by atoms with Crippen LogP contribution in [0.4, 0.5) is 0 Å². The first-order valence-corrected chi connectivity index (χ1v) is 17.1. The van der Waals surface area contributed by atoms with Gasteiger partial charge in [0.05, 0.1) is 0 Å². The summed E-state index contributed by atoms with van der Waals surface area (Å²) in [4.78, 5) is 15.2. The van der Waals surface area contributed by atoms with Gasteiger partial charge in [0.2, 0.25) is 0 Å². The van der Waals surface area contributed by atoms with Crippen molar-refractivity contribution in [2.45, 2.75) is 0 Å². The van der Waals surface area contributed by atoms with Gasteiger partial charge < -0.3 is 4.42 Å². The van der Waals surface area contributed by atoms with Crippen LogP contribution in [0.1, 0.15) is 0 Å². The monoisotopic (exact) mass is 651 g/mol. The zero-order chi connectivity index (χ0) is 33.7. The lowest BCUT2D eigenvalue weighted by molar-refractivity contribution is 0.669. The van der Waals surface area contributed by atoms with E-state index in [0.29, 0.717) is 17.5 Å². The van der Waals surface area contributed by atoms with Gasteiger partial charge in [0.1, 0.15) is 11.2 Å². The molecule has 0 aliphatic rings. The van der Waals surface area contributed by atoms with Crippen molar-refractivity contribution >= 4 is 43.5 Å². The molecule has 0 spiro atoms. The summed E-state index contributed by atoms with van der Waals surface area (Å²) < 4.78 is 6.41. The number of para-hydroxylation sites is 1. The molecule has 4 heteroatoms. The molecule has 51 heavy (non-hydrogen) atoms. The first-order valence-electron chi connectivity index (χ1n) is 17.1. The molecular weight excluding hydrogens is 623 g/mol. The van der Waals surface area contributed by atoms with E-state index in [1.165, 1.54) is 10.8 Å². The van der Waals surface area contributed by atoms with Crippen LogP contribution in [0.5, 0.6) is 0 Å². The number of rotatable bonds is 5. The smallest absolute Gasteiger partial charge is 0.164 e. The summed E-state index contributed by atoms with van der Waals surface area (Å²) in [5.41, 5.74) is 9.02. The zero-order valence-electron chi connectivity index (χ0n) is 27.5. The number of furan rings is 1. The Hall–Kier alpha value is -6.91. The molecule has 2 aromatic heterocycles. The Balaban J connectivity index is 1.12. The Kier molecular flexibility index (Phi) is 6.78. The highest BCUT2D eigenvalue weighted by Crippen LogP contribution is 2.40. The van der Waals surface area contributed by atoms with Gasteiger partial charge in [-0.3, -0.25) is 0 Å². The van der Waals surface area contributed by atoms with Gasteiger partial charge >= 0.3 is 0 Å². The minimum atomic E-state index is 0.625. The molecule has 10 aromatic rings. The summed E-state index contributed by atoms with van der Waals surface area (Å²) in [5.74, 6) is 1.90. The van der Waals surface area contributed by atoms with Gasteiger partial charge in [-0.2, -0.15) is 0 Å². The Morgan fingerprint density at radius 3 is 1.47 bits per heavy atom. The van der Waals surface area contributed by atoms with Crippen LogP contribution < -0.4 is 0 Å². The number of hydrogen-bond acceptors (Lipinski definition) is 4. The molecular formula is C47H29N3O. The first kappa shape index (κ1) is 29.0. The van der Waals surface area contributed by atoms with E-state index in [4.69, 9.17) is 19.4 Å². The van der Waals surface area contributed by atoms with Gasteiger partial charge in [0.25, 0.3) is 0 Å². The Labute approximate surface area is 294 Å². The quantitative estimate of drug-likeness (QED) is 0.186. The lowest BCUT2D eigenvalue weighted by atomic mass is 9.94. The molecule has 0 saturated heterocycles. The maximum absolute atomic E-state index is 6.41. The van der Waals surface area contributed by atoms with Crippen LogP contribution in [0.2, 0.25) is 0 Å². The van der Waals surface area contributed by atoms with E-state index in [-0.39, 0.29) is 0 Å². The van der Waals surface area contributed by atoms with Crippen molar-refractivity contribution in [2.75, 3.05) is 0 Å². The second-order valence-electron chi connectivity index (χ2n) is 12.9. The van der Waals surface area contributed by atoms with Crippen LogP contribution in [0.3, 0.4) is 0 Å². The number of hydrogen-bond donors (Lipinski definition) is 0. The Bertz CT molecular complexity index is 2810. The third kappa shape index (κ3) is 5.22. The Morgan fingerprint density at radius 1 is 0.314 bits per heavy atom. The average Bonchev–Trinajstić information content (AvgIpc) is 3.59. The van der Waals surface area contributed by atoms with Gasteiger partial charge in [0.15, 0.2) is 17.5 Å². The van der Waals surface area contributed by atoms with Crippen molar-refractivity contribution in [3.05, 3.63) is 176 Å². The topological polar surface area (TPSA) is 51.8 Å². The first-order chi connectivity index (χ1) is 25.2. The Morgan fingerprint density at radius 2 is 0.824 bits per heavy atom. The molecule has 0 saturated carbocycles. The highest BCUT2D eigenvalue weighted by molar-refractivity contribution is 6.13. The van der Waals surface area contributed by atoms with Crippen LogP contribution in [0.15, 0.2) is 180 Å². The predicted octanol–water partition coefficient (Wildman–Crippen LogP) is 12.4. The lowest BCUT2D eigenvalue weighted by Gasteiger charge is -2.11. The highest BCUT2D eigenvalue weighted by Gasteiger charge is 2.17. The van der Waals surface area contributed by atoms with Crippen molar-refractivity contribution in [3.8, 4) is 56.4 Å². The van der Waals surface area contributed by atoms with E-state index in [2.05, 4.69) is 158 Å². The molecule has 0 aliphatic heterocycles. The van der Waals surface area contributed by atoms with Crippen LogP contribution >= 0.6 is 0 Å². The molecule has 10 rings (SSSR count). The molecule has 0 fully saturated rings. The molecule has 2 heterocycles. The highest BCUT2D eigenvalue weighted by atomic mass is 16.3. The van der Waals surface area contributed by atoms with E-state index in [1.54, 1.807) is 0 Å². The maximum Gasteiger partial charge on any atom is 0.164 e. The predicted molar refractivity (Wildman–Crippen MR) is 209 cm³/mol. The van der Waals surface area contributed by atoms with E-state index in [0.717, 1.165) is 71.7 Å². The van der Waals surface area contributed by atoms with Crippen LogP contribution in [-0.2, 0) is 0 Å². The zero-order valence-corrected chi connectivity index (χ0v) is 27.5. The minimum Gasteiger partial charge on any atom is -0.456 e. The molecule has 0 bridgehead atoms. The van der Waals surface area contributed by atoms with Crippen molar-refractivity contribution in [3.63, 3.8) is 0 Å². The van der Waals surface area contributed by atoms with Gasteiger partial charge in [-0.05, 0) is 74.1 Å². The van der Waals surface area contributed by atoms with E-state index in [9.17, 15) is 0 Å². The summed E-state index contributed by atoms with van der Waals surface area (Å²) in [6.07, 6.45) is 0. The van der Waals surface area contributed by atoms with Crippen molar-refractivity contribution in [1.29, 1.82) is 0 Å². The van der Waals surface area contributed by atoms with E-state index in [1.807, 2.05) is 18.2 Å². The molecule has 238 valence electrons. The molecule has 0 N–H and O–H groups in total. The average molecular weight is 652 g/mol. The minimum absolute atomic E-state index is 0.625. The molecule has 0 amide bonds.